The number of benzene rings is 1. The van der Waals surface area contributed by atoms with Crippen molar-refractivity contribution in [2.45, 2.75) is 27.7 Å². The van der Waals surface area contributed by atoms with Crippen LogP contribution in [-0.2, 0) is 9.59 Å². The highest BCUT2D eigenvalue weighted by atomic mass is 19.1. The second-order valence-corrected chi connectivity index (χ2v) is 5.59. The molecule has 0 saturated heterocycles. The number of hydrogen-bond donors (Lipinski definition) is 2. The van der Waals surface area contributed by atoms with Gasteiger partial charge in [-0.25, -0.2) is 4.39 Å². The van der Waals surface area contributed by atoms with Gasteiger partial charge in [0.05, 0.1) is 0 Å². The van der Waals surface area contributed by atoms with Crippen molar-refractivity contribution >= 4 is 17.6 Å². The molecule has 0 aliphatic carbocycles. The van der Waals surface area contributed by atoms with Crippen molar-refractivity contribution in [1.29, 1.82) is 0 Å². The van der Waals surface area contributed by atoms with Crippen LogP contribution in [0.1, 0.15) is 26.3 Å². The Morgan fingerprint density at radius 3 is 2.37 bits per heavy atom. The normalized spacial score (nSPS) is 12.9. The fourth-order valence-electron chi connectivity index (χ4n) is 1.81. The number of aliphatic carboxylic acids is 1. The van der Waals surface area contributed by atoms with E-state index in [1.54, 1.807) is 27.7 Å². The molecule has 1 aromatic rings. The zero-order chi connectivity index (χ0) is 14.8. The fraction of sp³-hybridized carbons (Fsp3) is 0.429. The number of aryl methyl sites for hydroxylation is 1. The third kappa shape index (κ3) is 3.77. The third-order valence-corrected chi connectivity index (χ3v) is 2.83. The lowest BCUT2D eigenvalue weighted by Crippen LogP contribution is -2.39. The second-order valence-electron chi connectivity index (χ2n) is 5.59. The minimum absolute atomic E-state index is 0.292. The average Bonchev–Trinajstić information content (AvgIpc) is 2.20. The van der Waals surface area contributed by atoms with E-state index in [0.717, 1.165) is 0 Å². The molecule has 0 aliphatic heterocycles. The summed E-state index contributed by atoms with van der Waals surface area (Å²) in [6.07, 6.45) is 0. The van der Waals surface area contributed by atoms with Crippen LogP contribution in [0.3, 0.4) is 0 Å². The number of carbonyl (C=O) groups is 2. The van der Waals surface area contributed by atoms with E-state index < -0.39 is 29.0 Å². The lowest BCUT2D eigenvalue weighted by molar-refractivity contribution is -0.149. The number of anilines is 1. The van der Waals surface area contributed by atoms with Crippen molar-refractivity contribution in [2.24, 2.45) is 11.3 Å². The fourth-order valence-corrected chi connectivity index (χ4v) is 1.81. The Kier molecular flexibility index (Phi) is 4.29. The van der Waals surface area contributed by atoms with Gasteiger partial charge in [0.1, 0.15) is 11.7 Å². The van der Waals surface area contributed by atoms with Gasteiger partial charge >= 0.3 is 5.97 Å². The molecule has 1 unspecified atom stereocenters. The zero-order valence-electron chi connectivity index (χ0n) is 11.5. The molecule has 0 saturated carbocycles. The SMILES string of the molecule is Cc1ccc(F)cc1NC(=O)C(C(=O)O)C(C)(C)C. The van der Waals surface area contributed by atoms with Crippen LogP contribution in [0, 0.1) is 24.1 Å². The van der Waals surface area contributed by atoms with Gasteiger partial charge in [0.2, 0.25) is 5.91 Å². The number of hydrogen-bond acceptors (Lipinski definition) is 2. The van der Waals surface area contributed by atoms with Crippen molar-refractivity contribution in [3.05, 3.63) is 29.6 Å². The Morgan fingerprint density at radius 2 is 1.89 bits per heavy atom. The van der Waals surface area contributed by atoms with E-state index in [1.165, 1.54) is 18.2 Å². The molecule has 0 radical (unpaired) electrons. The van der Waals surface area contributed by atoms with Crippen LogP contribution in [0.4, 0.5) is 10.1 Å². The van der Waals surface area contributed by atoms with Crippen LogP contribution in [-0.4, -0.2) is 17.0 Å². The number of halogens is 1. The summed E-state index contributed by atoms with van der Waals surface area (Å²) in [5.74, 6) is -3.52. The first-order valence-electron chi connectivity index (χ1n) is 5.92. The van der Waals surface area contributed by atoms with Gasteiger partial charge in [0, 0.05) is 5.69 Å². The van der Waals surface area contributed by atoms with Gasteiger partial charge in [-0.1, -0.05) is 26.8 Å². The number of carboxylic acids is 1. The van der Waals surface area contributed by atoms with Crippen molar-refractivity contribution in [1.82, 2.24) is 0 Å². The van der Waals surface area contributed by atoms with Crippen molar-refractivity contribution < 1.29 is 19.1 Å². The number of carboxylic acid groups (broad SMARTS) is 1. The Labute approximate surface area is 111 Å². The summed E-state index contributed by atoms with van der Waals surface area (Å²) >= 11 is 0. The summed E-state index contributed by atoms with van der Waals surface area (Å²) in [5.41, 5.74) is 0.241. The zero-order valence-corrected chi connectivity index (χ0v) is 11.5. The molecule has 0 spiro atoms. The van der Waals surface area contributed by atoms with E-state index in [2.05, 4.69) is 5.32 Å². The molecule has 0 heterocycles. The van der Waals surface area contributed by atoms with Gasteiger partial charge in [-0.2, -0.15) is 0 Å². The molecule has 4 nitrogen and oxygen atoms in total. The monoisotopic (exact) mass is 267 g/mol. The quantitative estimate of drug-likeness (QED) is 0.827. The Balaban J connectivity index is 3.01. The summed E-state index contributed by atoms with van der Waals surface area (Å²) in [6.45, 7) is 6.72. The summed E-state index contributed by atoms with van der Waals surface area (Å²) in [5, 5.41) is 11.6. The molecular formula is C14H18FNO3. The molecule has 0 aromatic heterocycles. The van der Waals surface area contributed by atoms with E-state index in [1.807, 2.05) is 0 Å². The van der Waals surface area contributed by atoms with Gasteiger partial charge in [0.15, 0.2) is 0 Å². The molecule has 1 atom stereocenters. The van der Waals surface area contributed by atoms with Crippen LogP contribution >= 0.6 is 0 Å². The molecule has 0 fully saturated rings. The van der Waals surface area contributed by atoms with Crippen LogP contribution in [0.5, 0.6) is 0 Å². The number of nitrogens with one attached hydrogen (secondary N) is 1. The first-order valence-corrected chi connectivity index (χ1v) is 5.92. The van der Waals surface area contributed by atoms with E-state index >= 15 is 0 Å². The maximum absolute atomic E-state index is 13.1. The molecule has 1 aromatic carbocycles. The first-order chi connectivity index (χ1) is 8.62. The Hall–Kier alpha value is -1.91. The largest absolute Gasteiger partial charge is 0.481 e. The van der Waals surface area contributed by atoms with Gasteiger partial charge in [-0.15, -0.1) is 0 Å². The number of carbonyl (C=O) groups excluding carboxylic acids is 1. The highest BCUT2D eigenvalue weighted by Gasteiger charge is 2.37. The van der Waals surface area contributed by atoms with Crippen LogP contribution in [0.2, 0.25) is 0 Å². The van der Waals surface area contributed by atoms with Crippen LogP contribution in [0.25, 0.3) is 0 Å². The number of amides is 1. The molecule has 2 N–H and O–H groups in total. The number of rotatable bonds is 3. The average molecular weight is 267 g/mol. The van der Waals surface area contributed by atoms with Crippen LogP contribution < -0.4 is 5.32 Å². The summed E-state index contributed by atoms with van der Waals surface area (Å²) in [7, 11) is 0. The van der Waals surface area contributed by atoms with Crippen molar-refractivity contribution in [3.8, 4) is 0 Å². The highest BCUT2D eigenvalue weighted by molar-refractivity contribution is 6.05. The van der Waals surface area contributed by atoms with Gasteiger partial charge < -0.3 is 10.4 Å². The lowest BCUT2D eigenvalue weighted by Gasteiger charge is -2.26. The smallest absolute Gasteiger partial charge is 0.316 e. The summed E-state index contributed by atoms with van der Waals surface area (Å²) < 4.78 is 13.1. The summed E-state index contributed by atoms with van der Waals surface area (Å²) in [4.78, 5) is 23.2. The lowest BCUT2D eigenvalue weighted by atomic mass is 9.80. The van der Waals surface area contributed by atoms with E-state index in [-0.39, 0.29) is 0 Å². The predicted octanol–water partition coefficient (Wildman–Crippen LogP) is 2.82. The van der Waals surface area contributed by atoms with Crippen molar-refractivity contribution in [3.63, 3.8) is 0 Å². The molecule has 0 bridgehead atoms. The minimum atomic E-state index is -1.20. The first kappa shape index (κ1) is 15.1. The van der Waals surface area contributed by atoms with E-state index in [4.69, 9.17) is 5.11 Å². The van der Waals surface area contributed by atoms with Crippen LogP contribution in [0.15, 0.2) is 18.2 Å². The molecule has 0 aliphatic rings. The Bertz CT molecular complexity index is 506. The molecular weight excluding hydrogens is 249 g/mol. The standard InChI is InChI=1S/C14H18FNO3/c1-8-5-6-9(15)7-10(8)16-12(17)11(13(18)19)14(2,3)4/h5-7,11H,1-4H3,(H,16,17)(H,18,19). The maximum Gasteiger partial charge on any atom is 0.316 e. The van der Waals surface area contributed by atoms with Gasteiger partial charge in [0.25, 0.3) is 0 Å². The van der Waals surface area contributed by atoms with E-state index in [9.17, 15) is 14.0 Å². The van der Waals surface area contributed by atoms with Gasteiger partial charge in [-0.05, 0) is 30.0 Å². The summed E-state index contributed by atoms with van der Waals surface area (Å²) in [6, 6.07) is 3.98. The molecule has 19 heavy (non-hydrogen) atoms. The predicted molar refractivity (Wildman–Crippen MR) is 70.3 cm³/mol. The topological polar surface area (TPSA) is 66.4 Å². The minimum Gasteiger partial charge on any atom is -0.481 e. The Morgan fingerprint density at radius 1 is 1.32 bits per heavy atom. The van der Waals surface area contributed by atoms with E-state index in [0.29, 0.717) is 11.3 Å². The maximum atomic E-state index is 13.1. The molecule has 104 valence electrons. The highest BCUT2D eigenvalue weighted by Crippen LogP contribution is 2.28. The van der Waals surface area contributed by atoms with Crippen molar-refractivity contribution in [2.75, 3.05) is 5.32 Å². The third-order valence-electron chi connectivity index (χ3n) is 2.83. The molecule has 1 rings (SSSR count). The molecule has 5 heteroatoms. The van der Waals surface area contributed by atoms with Gasteiger partial charge in [-0.3, -0.25) is 9.59 Å². The second kappa shape index (κ2) is 5.38. The molecule has 1 amide bonds.